The molecule has 2 rings (SSSR count). The highest BCUT2D eigenvalue weighted by molar-refractivity contribution is 5.94. The molecule has 1 aromatic rings. The maximum absolute atomic E-state index is 13.5. The van der Waals surface area contributed by atoms with Crippen molar-refractivity contribution in [1.82, 2.24) is 4.90 Å². The van der Waals surface area contributed by atoms with Crippen LogP contribution in [0.4, 0.5) is 19.3 Å². The van der Waals surface area contributed by atoms with Gasteiger partial charge in [0.25, 0.3) is 0 Å². The van der Waals surface area contributed by atoms with Crippen molar-refractivity contribution in [2.45, 2.75) is 31.7 Å². The van der Waals surface area contributed by atoms with Crippen molar-refractivity contribution in [2.24, 2.45) is 0 Å². The summed E-state index contributed by atoms with van der Waals surface area (Å²) in [4.78, 5) is 24.7. The monoisotopic (exact) mass is 298 g/mol. The van der Waals surface area contributed by atoms with Gasteiger partial charge < -0.3 is 15.3 Å². The average molecular weight is 298 g/mol. The van der Waals surface area contributed by atoms with Gasteiger partial charge in [0.2, 0.25) is 0 Å². The summed E-state index contributed by atoms with van der Waals surface area (Å²) in [7, 11) is 0. The van der Waals surface area contributed by atoms with Crippen LogP contribution in [0.2, 0.25) is 0 Å². The van der Waals surface area contributed by atoms with Crippen LogP contribution in [0.5, 0.6) is 0 Å². The lowest BCUT2D eigenvalue weighted by Crippen LogP contribution is -2.58. The number of nitrogens with one attached hydrogen (secondary N) is 1. The maximum atomic E-state index is 13.5. The second-order valence-corrected chi connectivity index (χ2v) is 5.21. The SMILES string of the molecule is CC1(C(=O)O)CCCCN1C(=O)Nc1c(F)cccc1F. The molecule has 21 heavy (non-hydrogen) atoms. The number of anilines is 1. The smallest absolute Gasteiger partial charge is 0.329 e. The number of urea groups is 1. The zero-order chi connectivity index (χ0) is 15.6. The molecule has 7 heteroatoms. The first-order chi connectivity index (χ1) is 9.86. The first-order valence-electron chi connectivity index (χ1n) is 6.62. The topological polar surface area (TPSA) is 69.6 Å². The molecule has 1 fully saturated rings. The van der Waals surface area contributed by atoms with Crippen molar-refractivity contribution < 1.29 is 23.5 Å². The van der Waals surface area contributed by atoms with Crippen molar-refractivity contribution in [1.29, 1.82) is 0 Å². The van der Waals surface area contributed by atoms with E-state index in [1.807, 2.05) is 0 Å². The van der Waals surface area contributed by atoms with Gasteiger partial charge in [-0.15, -0.1) is 0 Å². The number of amides is 2. The quantitative estimate of drug-likeness (QED) is 0.882. The van der Waals surface area contributed by atoms with Crippen LogP contribution in [-0.4, -0.2) is 34.1 Å². The van der Waals surface area contributed by atoms with Crippen LogP contribution < -0.4 is 5.32 Å². The summed E-state index contributed by atoms with van der Waals surface area (Å²) in [5.74, 6) is -2.94. The van der Waals surface area contributed by atoms with E-state index < -0.39 is 34.9 Å². The predicted octanol–water partition coefficient (Wildman–Crippen LogP) is 2.83. The number of carbonyl (C=O) groups is 2. The van der Waals surface area contributed by atoms with Gasteiger partial charge in [0.1, 0.15) is 22.9 Å². The molecule has 0 radical (unpaired) electrons. The summed E-state index contributed by atoms with van der Waals surface area (Å²) in [6.45, 7) is 1.66. The highest BCUT2D eigenvalue weighted by Crippen LogP contribution is 2.29. The summed E-state index contributed by atoms with van der Waals surface area (Å²) in [6, 6.07) is 2.41. The Labute approximate surface area is 120 Å². The third-order valence-corrected chi connectivity index (χ3v) is 3.79. The average Bonchev–Trinajstić information content (AvgIpc) is 2.43. The Morgan fingerprint density at radius 1 is 1.29 bits per heavy atom. The van der Waals surface area contributed by atoms with Gasteiger partial charge in [0.05, 0.1) is 0 Å². The zero-order valence-corrected chi connectivity index (χ0v) is 11.5. The summed E-state index contributed by atoms with van der Waals surface area (Å²) in [6.07, 6.45) is 1.63. The van der Waals surface area contributed by atoms with Gasteiger partial charge in [-0.3, -0.25) is 0 Å². The van der Waals surface area contributed by atoms with E-state index in [4.69, 9.17) is 0 Å². The number of carboxylic acid groups (broad SMARTS) is 1. The Morgan fingerprint density at radius 3 is 2.48 bits per heavy atom. The molecule has 1 unspecified atom stereocenters. The molecule has 1 heterocycles. The third kappa shape index (κ3) is 2.81. The number of para-hydroxylation sites is 1. The number of likely N-dealkylation sites (tertiary alicyclic amines) is 1. The minimum absolute atomic E-state index is 0.227. The molecule has 1 atom stereocenters. The van der Waals surface area contributed by atoms with Gasteiger partial charge >= 0.3 is 12.0 Å². The van der Waals surface area contributed by atoms with E-state index in [1.165, 1.54) is 13.0 Å². The van der Waals surface area contributed by atoms with E-state index >= 15 is 0 Å². The number of benzene rings is 1. The lowest BCUT2D eigenvalue weighted by atomic mass is 9.89. The van der Waals surface area contributed by atoms with E-state index in [9.17, 15) is 23.5 Å². The number of nitrogens with zero attached hydrogens (tertiary/aromatic N) is 1. The molecule has 1 aliphatic heterocycles. The van der Waals surface area contributed by atoms with Crippen molar-refractivity contribution in [3.63, 3.8) is 0 Å². The molecule has 0 bridgehead atoms. The van der Waals surface area contributed by atoms with Crippen LogP contribution in [0, 0.1) is 11.6 Å². The van der Waals surface area contributed by atoms with Crippen molar-refractivity contribution in [3.05, 3.63) is 29.8 Å². The largest absolute Gasteiger partial charge is 0.480 e. The molecular formula is C14H16F2N2O3. The van der Waals surface area contributed by atoms with Gasteiger partial charge in [-0.05, 0) is 38.3 Å². The number of hydrogen-bond acceptors (Lipinski definition) is 2. The van der Waals surface area contributed by atoms with Crippen molar-refractivity contribution >= 4 is 17.7 Å². The number of rotatable bonds is 2. The van der Waals surface area contributed by atoms with Crippen LogP contribution in [0.1, 0.15) is 26.2 Å². The normalized spacial score (nSPS) is 22.0. The Morgan fingerprint density at radius 2 is 1.90 bits per heavy atom. The zero-order valence-electron chi connectivity index (χ0n) is 11.5. The number of carbonyl (C=O) groups excluding carboxylic acids is 1. The molecule has 114 valence electrons. The van der Waals surface area contributed by atoms with E-state index in [-0.39, 0.29) is 6.54 Å². The fraction of sp³-hybridized carbons (Fsp3) is 0.429. The number of piperidine rings is 1. The highest BCUT2D eigenvalue weighted by atomic mass is 19.1. The summed E-state index contributed by atoms with van der Waals surface area (Å²) in [5.41, 5.74) is -1.94. The van der Waals surface area contributed by atoms with Gasteiger partial charge in [-0.2, -0.15) is 0 Å². The first kappa shape index (κ1) is 15.2. The molecule has 1 aliphatic rings. The summed E-state index contributed by atoms with van der Waals surface area (Å²) >= 11 is 0. The molecule has 1 saturated heterocycles. The number of carboxylic acids is 1. The van der Waals surface area contributed by atoms with Gasteiger partial charge in [0, 0.05) is 6.54 Å². The fourth-order valence-electron chi connectivity index (χ4n) is 2.46. The van der Waals surface area contributed by atoms with E-state index in [1.54, 1.807) is 0 Å². The van der Waals surface area contributed by atoms with Crippen LogP contribution in [0.25, 0.3) is 0 Å². The maximum Gasteiger partial charge on any atom is 0.329 e. The Hall–Kier alpha value is -2.18. The highest BCUT2D eigenvalue weighted by Gasteiger charge is 2.44. The second-order valence-electron chi connectivity index (χ2n) is 5.21. The minimum Gasteiger partial charge on any atom is -0.480 e. The second kappa shape index (κ2) is 5.67. The van der Waals surface area contributed by atoms with Crippen molar-refractivity contribution in [3.8, 4) is 0 Å². The number of aliphatic carboxylic acids is 1. The number of hydrogen-bond donors (Lipinski definition) is 2. The molecule has 0 aliphatic carbocycles. The van der Waals surface area contributed by atoms with Gasteiger partial charge in [-0.25, -0.2) is 18.4 Å². The predicted molar refractivity (Wildman–Crippen MR) is 72.0 cm³/mol. The standard InChI is InChI=1S/C14H16F2N2O3/c1-14(12(19)20)7-2-3-8-18(14)13(21)17-11-9(15)5-4-6-10(11)16/h4-6H,2-3,7-8H2,1H3,(H,17,21)(H,19,20). The van der Waals surface area contributed by atoms with Gasteiger partial charge in [0.15, 0.2) is 0 Å². The minimum atomic E-state index is -1.37. The molecule has 2 amide bonds. The third-order valence-electron chi connectivity index (χ3n) is 3.79. The van der Waals surface area contributed by atoms with Crippen LogP contribution >= 0.6 is 0 Å². The molecule has 0 aromatic heterocycles. The Bertz CT molecular complexity index is 559. The lowest BCUT2D eigenvalue weighted by Gasteiger charge is -2.41. The van der Waals surface area contributed by atoms with Crippen LogP contribution in [0.15, 0.2) is 18.2 Å². The molecule has 2 N–H and O–H groups in total. The van der Waals surface area contributed by atoms with Crippen LogP contribution in [-0.2, 0) is 4.79 Å². The van der Waals surface area contributed by atoms with E-state index in [2.05, 4.69) is 5.32 Å². The summed E-state index contributed by atoms with van der Waals surface area (Å²) in [5, 5.41) is 11.5. The number of halogens is 2. The Balaban J connectivity index is 2.24. The van der Waals surface area contributed by atoms with E-state index in [0.717, 1.165) is 17.0 Å². The molecule has 0 saturated carbocycles. The van der Waals surface area contributed by atoms with Gasteiger partial charge in [-0.1, -0.05) is 6.07 Å². The Kier molecular flexibility index (Phi) is 4.11. The molecular weight excluding hydrogens is 282 g/mol. The van der Waals surface area contributed by atoms with E-state index in [0.29, 0.717) is 19.3 Å². The molecule has 5 nitrogen and oxygen atoms in total. The molecule has 0 spiro atoms. The fourth-order valence-corrected chi connectivity index (χ4v) is 2.46. The summed E-state index contributed by atoms with van der Waals surface area (Å²) < 4.78 is 27.1. The lowest BCUT2D eigenvalue weighted by molar-refractivity contribution is -0.150. The van der Waals surface area contributed by atoms with Crippen LogP contribution in [0.3, 0.4) is 0 Å². The van der Waals surface area contributed by atoms with Crippen molar-refractivity contribution in [2.75, 3.05) is 11.9 Å². The molecule has 1 aromatic carbocycles. The first-order valence-corrected chi connectivity index (χ1v) is 6.62.